The Morgan fingerprint density at radius 3 is 2.75 bits per heavy atom. The molecule has 1 aromatic carbocycles. The van der Waals surface area contributed by atoms with Crippen LogP contribution in [0.5, 0.6) is 0 Å². The molecular weight excluding hydrogens is 321 g/mol. The third-order valence-electron chi connectivity index (χ3n) is 4.74. The van der Waals surface area contributed by atoms with Gasteiger partial charge < -0.3 is 4.90 Å². The zero-order chi connectivity index (χ0) is 14.1. The molecule has 3 rings (SSSR count). The summed E-state index contributed by atoms with van der Waals surface area (Å²) in [6.07, 6.45) is 6.27. The molecule has 1 heterocycles. The standard InChI is InChI=1S/C16H19BrFNO/c17-15-6-5-13(18)9-14(15)16(20)19-8-7-11-3-1-2-4-12(11)10-19/h5-6,9,11-12H,1-4,7-8,10H2/t11-,12-/m1/s1. The van der Waals surface area contributed by atoms with Crippen molar-refractivity contribution in [3.05, 3.63) is 34.1 Å². The minimum Gasteiger partial charge on any atom is -0.338 e. The van der Waals surface area contributed by atoms with Crippen LogP contribution in [0.4, 0.5) is 4.39 Å². The van der Waals surface area contributed by atoms with Crippen LogP contribution in [0.1, 0.15) is 42.5 Å². The van der Waals surface area contributed by atoms with Crippen LogP contribution in [0.3, 0.4) is 0 Å². The molecule has 0 unspecified atom stereocenters. The quantitative estimate of drug-likeness (QED) is 0.749. The smallest absolute Gasteiger partial charge is 0.255 e. The number of benzene rings is 1. The van der Waals surface area contributed by atoms with Crippen LogP contribution in [0.2, 0.25) is 0 Å². The predicted molar refractivity (Wildman–Crippen MR) is 80.1 cm³/mol. The summed E-state index contributed by atoms with van der Waals surface area (Å²) in [6, 6.07) is 4.31. The minimum absolute atomic E-state index is 0.0413. The minimum atomic E-state index is -0.357. The average molecular weight is 340 g/mol. The number of likely N-dealkylation sites (tertiary alicyclic amines) is 1. The van der Waals surface area contributed by atoms with E-state index in [9.17, 15) is 9.18 Å². The molecule has 2 fully saturated rings. The molecule has 0 bridgehead atoms. The van der Waals surface area contributed by atoms with Crippen LogP contribution in [0, 0.1) is 17.7 Å². The first-order valence-electron chi connectivity index (χ1n) is 7.39. The SMILES string of the molecule is O=C(c1cc(F)ccc1Br)N1CC[C@H]2CCCC[C@@H]2C1. The van der Waals surface area contributed by atoms with Gasteiger partial charge in [-0.25, -0.2) is 4.39 Å². The van der Waals surface area contributed by atoms with Crippen LogP contribution in [0.25, 0.3) is 0 Å². The molecule has 2 atom stereocenters. The molecule has 1 saturated heterocycles. The van der Waals surface area contributed by atoms with Crippen molar-refractivity contribution >= 4 is 21.8 Å². The maximum absolute atomic E-state index is 13.4. The van der Waals surface area contributed by atoms with Crippen molar-refractivity contribution in [2.75, 3.05) is 13.1 Å². The fourth-order valence-corrected chi connectivity index (χ4v) is 4.03. The Kier molecular flexibility index (Phi) is 4.11. The van der Waals surface area contributed by atoms with Crippen molar-refractivity contribution < 1.29 is 9.18 Å². The number of halogens is 2. The van der Waals surface area contributed by atoms with Gasteiger partial charge in [0.05, 0.1) is 5.56 Å². The Balaban J connectivity index is 1.76. The first-order valence-corrected chi connectivity index (χ1v) is 8.19. The van der Waals surface area contributed by atoms with Gasteiger partial charge in [0.1, 0.15) is 5.82 Å². The van der Waals surface area contributed by atoms with Gasteiger partial charge in [0.25, 0.3) is 5.91 Å². The lowest BCUT2D eigenvalue weighted by atomic mass is 9.75. The molecule has 0 spiro atoms. The number of carbonyl (C=O) groups excluding carboxylic acids is 1. The number of hydrogen-bond donors (Lipinski definition) is 0. The molecule has 1 aliphatic carbocycles. The lowest BCUT2D eigenvalue weighted by Gasteiger charge is -2.41. The summed E-state index contributed by atoms with van der Waals surface area (Å²) >= 11 is 3.35. The Bertz CT molecular complexity index is 519. The van der Waals surface area contributed by atoms with Crippen molar-refractivity contribution in [2.45, 2.75) is 32.1 Å². The van der Waals surface area contributed by atoms with Gasteiger partial charge in [0.15, 0.2) is 0 Å². The molecule has 1 amide bonds. The molecule has 1 aliphatic heterocycles. The molecule has 2 aliphatic rings. The van der Waals surface area contributed by atoms with E-state index >= 15 is 0 Å². The van der Waals surface area contributed by atoms with Crippen molar-refractivity contribution in [1.82, 2.24) is 4.90 Å². The third kappa shape index (κ3) is 2.76. The lowest BCUT2D eigenvalue weighted by Crippen LogP contribution is -2.44. The zero-order valence-electron chi connectivity index (χ0n) is 11.4. The van der Waals surface area contributed by atoms with Crippen LogP contribution < -0.4 is 0 Å². The van der Waals surface area contributed by atoms with Gasteiger partial charge in [0.2, 0.25) is 0 Å². The molecule has 1 aromatic rings. The number of carbonyl (C=O) groups is 1. The average Bonchev–Trinajstić information content (AvgIpc) is 2.48. The highest BCUT2D eigenvalue weighted by molar-refractivity contribution is 9.10. The molecule has 2 nitrogen and oxygen atoms in total. The highest BCUT2D eigenvalue weighted by Crippen LogP contribution is 2.36. The summed E-state index contributed by atoms with van der Waals surface area (Å²) in [4.78, 5) is 14.5. The number of amides is 1. The number of fused-ring (bicyclic) bond motifs is 1. The summed E-state index contributed by atoms with van der Waals surface area (Å²) in [5, 5.41) is 0. The maximum Gasteiger partial charge on any atom is 0.255 e. The highest BCUT2D eigenvalue weighted by Gasteiger charge is 2.33. The molecule has 0 radical (unpaired) electrons. The lowest BCUT2D eigenvalue weighted by molar-refractivity contribution is 0.0519. The topological polar surface area (TPSA) is 20.3 Å². The molecule has 20 heavy (non-hydrogen) atoms. The van der Waals surface area contributed by atoms with E-state index in [-0.39, 0.29) is 11.7 Å². The van der Waals surface area contributed by atoms with Crippen molar-refractivity contribution in [1.29, 1.82) is 0 Å². The summed E-state index contributed by atoms with van der Waals surface area (Å²) in [6.45, 7) is 1.65. The second kappa shape index (κ2) is 5.84. The molecule has 1 saturated carbocycles. The van der Waals surface area contributed by atoms with Gasteiger partial charge >= 0.3 is 0 Å². The Morgan fingerprint density at radius 1 is 1.20 bits per heavy atom. The van der Waals surface area contributed by atoms with E-state index in [1.54, 1.807) is 6.07 Å². The monoisotopic (exact) mass is 339 g/mol. The van der Waals surface area contributed by atoms with Gasteiger partial charge in [-0.05, 0) is 58.8 Å². The van der Waals surface area contributed by atoms with Crippen molar-refractivity contribution in [3.8, 4) is 0 Å². The fraction of sp³-hybridized carbons (Fsp3) is 0.562. The number of rotatable bonds is 1. The number of hydrogen-bond acceptors (Lipinski definition) is 1. The van der Waals surface area contributed by atoms with Crippen LogP contribution >= 0.6 is 15.9 Å². The van der Waals surface area contributed by atoms with E-state index < -0.39 is 0 Å². The van der Waals surface area contributed by atoms with E-state index in [1.165, 1.54) is 37.8 Å². The zero-order valence-corrected chi connectivity index (χ0v) is 13.0. The molecule has 108 valence electrons. The van der Waals surface area contributed by atoms with E-state index in [0.717, 1.165) is 25.4 Å². The Morgan fingerprint density at radius 2 is 1.95 bits per heavy atom. The van der Waals surface area contributed by atoms with Crippen LogP contribution in [-0.2, 0) is 0 Å². The first-order chi connectivity index (χ1) is 9.65. The summed E-state index contributed by atoms with van der Waals surface area (Å²) < 4.78 is 14.0. The maximum atomic E-state index is 13.4. The molecule has 0 aromatic heterocycles. The van der Waals surface area contributed by atoms with Crippen molar-refractivity contribution in [2.24, 2.45) is 11.8 Å². The second-order valence-corrected chi connectivity index (χ2v) is 6.82. The summed E-state index contributed by atoms with van der Waals surface area (Å²) in [5.74, 6) is 1.04. The Hall–Kier alpha value is -0.900. The number of nitrogens with zero attached hydrogens (tertiary/aromatic N) is 1. The summed E-state index contributed by atoms with van der Waals surface area (Å²) in [7, 11) is 0. The number of piperidine rings is 1. The largest absolute Gasteiger partial charge is 0.338 e. The normalized spacial score (nSPS) is 26.2. The van der Waals surface area contributed by atoms with Gasteiger partial charge in [-0.15, -0.1) is 0 Å². The molecular formula is C16H19BrFNO. The van der Waals surface area contributed by atoms with Gasteiger partial charge in [-0.2, -0.15) is 0 Å². The van der Waals surface area contributed by atoms with E-state index in [0.29, 0.717) is 16.0 Å². The van der Waals surface area contributed by atoms with Gasteiger partial charge in [-0.3, -0.25) is 4.79 Å². The molecule has 0 N–H and O–H groups in total. The fourth-order valence-electron chi connectivity index (χ4n) is 3.62. The van der Waals surface area contributed by atoms with E-state index in [2.05, 4.69) is 15.9 Å². The predicted octanol–water partition coefficient (Wildman–Crippen LogP) is 4.24. The Labute approximate surface area is 127 Å². The van der Waals surface area contributed by atoms with Gasteiger partial charge in [-0.1, -0.05) is 19.3 Å². The highest BCUT2D eigenvalue weighted by atomic mass is 79.9. The third-order valence-corrected chi connectivity index (χ3v) is 5.43. The second-order valence-electron chi connectivity index (χ2n) is 5.97. The first kappa shape index (κ1) is 14.1. The van der Waals surface area contributed by atoms with Gasteiger partial charge in [0, 0.05) is 17.6 Å². The molecule has 4 heteroatoms. The summed E-state index contributed by atoms with van der Waals surface area (Å²) in [5.41, 5.74) is 0.444. The van der Waals surface area contributed by atoms with E-state index in [1.807, 2.05) is 4.90 Å². The van der Waals surface area contributed by atoms with Crippen LogP contribution in [0.15, 0.2) is 22.7 Å². The van der Waals surface area contributed by atoms with Crippen LogP contribution in [-0.4, -0.2) is 23.9 Å². The van der Waals surface area contributed by atoms with Crippen molar-refractivity contribution in [3.63, 3.8) is 0 Å². The van der Waals surface area contributed by atoms with E-state index in [4.69, 9.17) is 0 Å².